The molecule has 9 nitrogen and oxygen atoms in total. The van der Waals surface area contributed by atoms with Crippen LogP contribution in [0.4, 0.5) is 17.1 Å². The Hall–Kier alpha value is -5.31. The molecule has 0 fully saturated rings. The zero-order valence-electron chi connectivity index (χ0n) is 20.3. The van der Waals surface area contributed by atoms with Crippen molar-refractivity contribution in [1.82, 2.24) is 9.78 Å². The number of aromatic nitrogens is 2. The molecule has 186 valence electrons. The lowest BCUT2D eigenvalue weighted by Gasteiger charge is -2.20. The number of anilines is 1. The first-order valence-corrected chi connectivity index (χ1v) is 12.0. The first-order chi connectivity index (χ1) is 18.5. The first kappa shape index (κ1) is 23.1. The number of hydrogen-bond acceptors (Lipinski definition) is 7. The number of hydrogen-bond donors (Lipinski definition) is 1. The maximum Gasteiger partial charge on any atom is 0.359 e. The summed E-state index contributed by atoms with van der Waals surface area (Å²) in [5.74, 6) is -0.194. The summed E-state index contributed by atoms with van der Waals surface area (Å²) < 4.78 is 6.92. The fourth-order valence-corrected chi connectivity index (χ4v) is 4.69. The van der Waals surface area contributed by atoms with Crippen LogP contribution in [0.2, 0.25) is 0 Å². The van der Waals surface area contributed by atoms with Crippen molar-refractivity contribution in [1.29, 1.82) is 0 Å². The van der Waals surface area contributed by atoms with Crippen molar-refractivity contribution < 1.29 is 14.5 Å². The average Bonchev–Trinajstić information content (AvgIpc) is 3.35. The highest BCUT2D eigenvalue weighted by molar-refractivity contribution is 6.23. The van der Waals surface area contributed by atoms with Crippen molar-refractivity contribution in [3.8, 4) is 16.9 Å². The quantitative estimate of drug-likeness (QED) is 0.166. The summed E-state index contributed by atoms with van der Waals surface area (Å²) in [6, 6.07) is 27.3. The lowest BCUT2D eigenvalue weighted by atomic mass is 10.0. The normalized spacial score (nSPS) is 12.1. The molecule has 0 radical (unpaired) electrons. The highest BCUT2D eigenvalue weighted by Crippen LogP contribution is 2.39. The number of non-ortho nitro benzene ring substituents is 1. The minimum absolute atomic E-state index is 0.0509. The third kappa shape index (κ3) is 3.86. The highest BCUT2D eigenvalue weighted by atomic mass is 16.6. The molecule has 0 atom stereocenters. The molecule has 0 saturated heterocycles. The van der Waals surface area contributed by atoms with Crippen molar-refractivity contribution in [2.24, 2.45) is 4.99 Å². The molecule has 0 saturated carbocycles. The van der Waals surface area contributed by atoms with E-state index in [9.17, 15) is 14.9 Å². The fourth-order valence-electron chi connectivity index (χ4n) is 4.69. The van der Waals surface area contributed by atoms with Gasteiger partial charge in [-0.05, 0) is 30.5 Å². The molecule has 38 heavy (non-hydrogen) atoms. The van der Waals surface area contributed by atoms with Crippen LogP contribution in [0.1, 0.15) is 23.0 Å². The maximum absolute atomic E-state index is 13.3. The maximum atomic E-state index is 13.3. The van der Waals surface area contributed by atoms with Crippen LogP contribution in [-0.2, 0) is 4.74 Å². The molecule has 1 aromatic heterocycles. The molecule has 1 aliphatic rings. The summed E-state index contributed by atoms with van der Waals surface area (Å²) in [5.41, 5.74) is 3.72. The van der Waals surface area contributed by atoms with Gasteiger partial charge >= 0.3 is 5.97 Å². The monoisotopic (exact) mass is 503 g/mol. The third-order valence-electron chi connectivity index (χ3n) is 6.29. The van der Waals surface area contributed by atoms with Crippen LogP contribution in [-0.4, -0.2) is 33.1 Å². The number of nitro groups is 1. The molecule has 6 rings (SSSR count). The second kappa shape index (κ2) is 9.29. The van der Waals surface area contributed by atoms with Gasteiger partial charge in [0.15, 0.2) is 5.69 Å². The zero-order valence-corrected chi connectivity index (χ0v) is 20.3. The van der Waals surface area contributed by atoms with E-state index in [0.29, 0.717) is 22.8 Å². The first-order valence-electron chi connectivity index (χ1n) is 12.0. The second-order valence-electron chi connectivity index (χ2n) is 8.61. The van der Waals surface area contributed by atoms with Crippen molar-refractivity contribution >= 4 is 39.6 Å². The lowest BCUT2D eigenvalue weighted by molar-refractivity contribution is -0.384. The van der Waals surface area contributed by atoms with E-state index in [4.69, 9.17) is 9.73 Å². The van der Waals surface area contributed by atoms with Gasteiger partial charge in [0, 0.05) is 28.8 Å². The van der Waals surface area contributed by atoms with Gasteiger partial charge in [0.1, 0.15) is 5.84 Å². The Kier molecular flexibility index (Phi) is 5.65. The Morgan fingerprint density at radius 2 is 1.76 bits per heavy atom. The van der Waals surface area contributed by atoms with E-state index >= 15 is 0 Å². The van der Waals surface area contributed by atoms with Crippen molar-refractivity contribution in [2.75, 3.05) is 11.9 Å². The summed E-state index contributed by atoms with van der Waals surface area (Å²) in [6.07, 6.45) is 0. The van der Waals surface area contributed by atoms with Crippen LogP contribution in [0.3, 0.4) is 0 Å². The topological polar surface area (TPSA) is 112 Å². The smallest absolute Gasteiger partial charge is 0.359 e. The summed E-state index contributed by atoms with van der Waals surface area (Å²) in [7, 11) is 0. The minimum atomic E-state index is -0.620. The average molecular weight is 504 g/mol. The van der Waals surface area contributed by atoms with Crippen LogP contribution in [0, 0.1) is 10.1 Å². The van der Waals surface area contributed by atoms with Crippen LogP contribution < -0.4 is 5.32 Å². The standard InChI is InChI=1S/C29H21N5O4/c1-2-38-29(35)26-25(28-30-22-15-6-11-18-12-7-16-23(31-28)24(18)22)27(19-9-4-3-5-10-19)33(32-26)20-13-8-14-21(17-20)34(36)37/h3-17H,2H2,1H3,(H,30,31). The van der Waals surface area contributed by atoms with Crippen molar-refractivity contribution in [3.05, 3.63) is 112 Å². The number of nitro benzene ring substituents is 1. The predicted molar refractivity (Wildman–Crippen MR) is 145 cm³/mol. The van der Waals surface area contributed by atoms with E-state index in [1.54, 1.807) is 19.1 Å². The lowest BCUT2D eigenvalue weighted by Crippen LogP contribution is -2.20. The summed E-state index contributed by atoms with van der Waals surface area (Å²) >= 11 is 0. The predicted octanol–water partition coefficient (Wildman–Crippen LogP) is 6.28. The van der Waals surface area contributed by atoms with Gasteiger partial charge in [0.2, 0.25) is 0 Å². The van der Waals surface area contributed by atoms with Gasteiger partial charge in [0.25, 0.3) is 5.69 Å². The summed E-state index contributed by atoms with van der Waals surface area (Å²) in [6.45, 7) is 1.88. The number of aliphatic imine (C=N–C) groups is 1. The Balaban J connectivity index is 1.67. The van der Waals surface area contributed by atoms with Crippen LogP contribution in [0.25, 0.3) is 27.7 Å². The van der Waals surface area contributed by atoms with Gasteiger partial charge in [-0.15, -0.1) is 0 Å². The molecule has 1 N–H and O–H groups in total. The van der Waals surface area contributed by atoms with Crippen molar-refractivity contribution in [3.63, 3.8) is 0 Å². The van der Waals surface area contributed by atoms with E-state index in [0.717, 1.165) is 27.7 Å². The number of ether oxygens (including phenoxy) is 1. The second-order valence-corrected chi connectivity index (χ2v) is 8.61. The van der Waals surface area contributed by atoms with E-state index in [-0.39, 0.29) is 18.0 Å². The number of nitrogens with one attached hydrogen (secondary N) is 1. The molecule has 0 aliphatic carbocycles. The summed E-state index contributed by atoms with van der Waals surface area (Å²) in [4.78, 5) is 29.2. The number of esters is 1. The fraction of sp³-hybridized carbons (Fsp3) is 0.0690. The Bertz CT molecular complexity index is 1750. The van der Waals surface area contributed by atoms with Gasteiger partial charge in [0.05, 0.1) is 34.2 Å². The number of benzene rings is 4. The van der Waals surface area contributed by atoms with Crippen LogP contribution in [0.5, 0.6) is 0 Å². The molecule has 2 heterocycles. The van der Waals surface area contributed by atoms with Crippen LogP contribution >= 0.6 is 0 Å². The molecule has 0 spiro atoms. The van der Waals surface area contributed by atoms with E-state index < -0.39 is 10.9 Å². The van der Waals surface area contributed by atoms with Gasteiger partial charge in [-0.3, -0.25) is 10.1 Å². The van der Waals surface area contributed by atoms with E-state index in [1.807, 2.05) is 66.7 Å². The van der Waals surface area contributed by atoms with Gasteiger partial charge in [-0.1, -0.05) is 60.7 Å². The van der Waals surface area contributed by atoms with E-state index in [1.165, 1.54) is 16.8 Å². The highest BCUT2D eigenvalue weighted by Gasteiger charge is 2.31. The number of carbonyl (C=O) groups is 1. The SMILES string of the molecule is CCOC(=O)c1nn(-c2cccc([N+](=O)[O-])c2)c(-c2ccccc2)c1C1=Nc2cccc3cccc(c23)N1. The molecule has 9 heteroatoms. The van der Waals surface area contributed by atoms with Crippen LogP contribution in [0.15, 0.2) is 96.0 Å². The van der Waals surface area contributed by atoms with Crippen molar-refractivity contribution in [2.45, 2.75) is 6.92 Å². The minimum Gasteiger partial charge on any atom is -0.461 e. The Morgan fingerprint density at radius 3 is 2.53 bits per heavy atom. The molecule has 5 aromatic rings. The number of nitrogens with zero attached hydrogens (tertiary/aromatic N) is 4. The molecular formula is C29H21N5O4. The third-order valence-corrected chi connectivity index (χ3v) is 6.29. The van der Waals surface area contributed by atoms with Gasteiger partial charge < -0.3 is 10.1 Å². The molecule has 4 aromatic carbocycles. The molecular weight excluding hydrogens is 482 g/mol. The molecule has 0 amide bonds. The number of rotatable bonds is 6. The Labute approximate surface area is 217 Å². The van der Waals surface area contributed by atoms with Gasteiger partial charge in [-0.25, -0.2) is 14.5 Å². The Morgan fingerprint density at radius 1 is 1.00 bits per heavy atom. The zero-order chi connectivity index (χ0) is 26.2. The van der Waals surface area contributed by atoms with E-state index in [2.05, 4.69) is 10.4 Å². The summed E-state index contributed by atoms with van der Waals surface area (Å²) in [5, 5.41) is 21.6. The molecule has 1 aliphatic heterocycles. The molecule has 0 bridgehead atoms. The van der Waals surface area contributed by atoms with Gasteiger partial charge in [-0.2, -0.15) is 5.10 Å². The molecule has 0 unspecified atom stereocenters. The number of amidine groups is 1. The largest absolute Gasteiger partial charge is 0.461 e. The number of carbonyl (C=O) groups excluding carboxylic acids is 1.